The van der Waals surface area contributed by atoms with Crippen molar-refractivity contribution in [2.75, 3.05) is 33.9 Å². The van der Waals surface area contributed by atoms with Gasteiger partial charge in [-0.3, -0.25) is 15.1 Å². The van der Waals surface area contributed by atoms with Crippen LogP contribution in [0.1, 0.15) is 18.4 Å². The Morgan fingerprint density at radius 3 is 2.43 bits per heavy atom. The normalized spacial score (nSPS) is 10.8. The fraction of sp³-hybridized carbons (Fsp3) is 0.533. The van der Waals surface area contributed by atoms with Crippen molar-refractivity contribution in [2.45, 2.75) is 19.3 Å². The quantitative estimate of drug-likeness (QED) is 0.155. The minimum Gasteiger partial charge on any atom is -0.383 e. The number of nitrogens with one attached hydrogen (secondary N) is 2. The van der Waals surface area contributed by atoms with E-state index in [0.717, 1.165) is 43.9 Å². The molecule has 0 amide bonds. The second-order valence-electron chi connectivity index (χ2n) is 4.80. The van der Waals surface area contributed by atoms with Crippen molar-refractivity contribution >= 4 is 35.6 Å². The molecule has 8 heteroatoms. The predicted molar refractivity (Wildman–Crippen MR) is 103 cm³/mol. The summed E-state index contributed by atoms with van der Waals surface area (Å²) >= 11 is 0. The van der Waals surface area contributed by atoms with Crippen LogP contribution in [0.3, 0.4) is 0 Å². The lowest BCUT2D eigenvalue weighted by molar-refractivity contribution is -0.384. The fourth-order valence-corrected chi connectivity index (χ4v) is 1.94. The monoisotopic (exact) mass is 436 g/mol. The van der Waals surface area contributed by atoms with Crippen LogP contribution in [0.15, 0.2) is 29.3 Å². The molecule has 0 aliphatic carbocycles. The highest BCUT2D eigenvalue weighted by molar-refractivity contribution is 14.0. The van der Waals surface area contributed by atoms with E-state index in [4.69, 9.17) is 4.74 Å². The van der Waals surface area contributed by atoms with Crippen LogP contribution in [0.5, 0.6) is 0 Å². The number of nitrogens with zero attached hydrogens (tertiary/aromatic N) is 2. The van der Waals surface area contributed by atoms with E-state index in [1.54, 1.807) is 26.3 Å². The number of aryl methyl sites for hydroxylation is 1. The second kappa shape index (κ2) is 13.1. The van der Waals surface area contributed by atoms with E-state index < -0.39 is 0 Å². The van der Waals surface area contributed by atoms with Crippen molar-refractivity contribution in [3.63, 3.8) is 0 Å². The average molecular weight is 436 g/mol. The summed E-state index contributed by atoms with van der Waals surface area (Å²) in [4.78, 5) is 14.3. The number of ether oxygens (including phenoxy) is 1. The minimum absolute atomic E-state index is 0. The second-order valence-corrected chi connectivity index (χ2v) is 4.80. The van der Waals surface area contributed by atoms with Gasteiger partial charge in [-0.25, -0.2) is 0 Å². The van der Waals surface area contributed by atoms with Crippen LogP contribution in [-0.4, -0.2) is 44.7 Å². The van der Waals surface area contributed by atoms with Gasteiger partial charge in [-0.1, -0.05) is 12.1 Å². The molecule has 0 fully saturated rings. The van der Waals surface area contributed by atoms with E-state index in [9.17, 15) is 10.1 Å². The van der Waals surface area contributed by atoms with E-state index in [1.807, 2.05) is 12.1 Å². The van der Waals surface area contributed by atoms with Gasteiger partial charge in [-0.15, -0.1) is 24.0 Å². The summed E-state index contributed by atoms with van der Waals surface area (Å²) < 4.78 is 4.96. The third-order valence-electron chi connectivity index (χ3n) is 3.15. The van der Waals surface area contributed by atoms with Crippen molar-refractivity contribution in [1.29, 1.82) is 0 Å². The molecule has 0 saturated heterocycles. The molecular formula is C15H25IN4O3. The van der Waals surface area contributed by atoms with Crippen LogP contribution >= 0.6 is 24.0 Å². The first kappa shape index (κ1) is 21.6. The Kier molecular flexibility index (Phi) is 12.3. The molecule has 1 aromatic carbocycles. The van der Waals surface area contributed by atoms with Crippen LogP contribution in [0.25, 0.3) is 0 Å². The van der Waals surface area contributed by atoms with Gasteiger partial charge in [0.05, 0.1) is 11.5 Å². The van der Waals surface area contributed by atoms with Crippen LogP contribution in [-0.2, 0) is 11.2 Å². The molecule has 0 unspecified atom stereocenters. The standard InChI is InChI=1S/C15H24N4O3.HI/c1-16-15(18-11-12-22-2)17-10-4-3-5-13-6-8-14(9-7-13)19(20)21;/h6-9H,3-5,10-12H2,1-2H3,(H2,16,17,18);1H. The SMILES string of the molecule is CN=C(NCCCCc1ccc([N+](=O)[O-])cc1)NCCOC.I. The van der Waals surface area contributed by atoms with Crippen molar-refractivity contribution < 1.29 is 9.66 Å². The summed E-state index contributed by atoms with van der Waals surface area (Å²) in [5.74, 6) is 0.771. The van der Waals surface area contributed by atoms with Gasteiger partial charge in [0.25, 0.3) is 5.69 Å². The van der Waals surface area contributed by atoms with E-state index in [0.29, 0.717) is 6.61 Å². The Balaban J connectivity index is 0.00000484. The van der Waals surface area contributed by atoms with Crippen molar-refractivity contribution in [2.24, 2.45) is 4.99 Å². The Morgan fingerprint density at radius 2 is 1.87 bits per heavy atom. The summed E-state index contributed by atoms with van der Waals surface area (Å²) in [6.07, 6.45) is 2.93. The molecule has 0 spiro atoms. The van der Waals surface area contributed by atoms with Crippen molar-refractivity contribution in [1.82, 2.24) is 10.6 Å². The van der Waals surface area contributed by atoms with Gasteiger partial charge in [0, 0.05) is 39.4 Å². The maximum atomic E-state index is 10.6. The highest BCUT2D eigenvalue weighted by Gasteiger charge is 2.03. The maximum absolute atomic E-state index is 10.6. The zero-order valence-corrected chi connectivity index (χ0v) is 15.9. The van der Waals surface area contributed by atoms with Crippen LogP contribution in [0.4, 0.5) is 5.69 Å². The number of nitro groups is 1. The minimum atomic E-state index is -0.379. The Bertz CT molecular complexity index is 480. The molecule has 0 aliphatic heterocycles. The van der Waals surface area contributed by atoms with Crippen LogP contribution in [0.2, 0.25) is 0 Å². The number of unbranched alkanes of at least 4 members (excludes halogenated alkanes) is 1. The lowest BCUT2D eigenvalue weighted by Crippen LogP contribution is -2.39. The molecule has 0 aliphatic rings. The molecule has 1 rings (SSSR count). The van der Waals surface area contributed by atoms with Crippen LogP contribution in [0, 0.1) is 10.1 Å². The number of rotatable bonds is 9. The number of hydrogen-bond donors (Lipinski definition) is 2. The van der Waals surface area contributed by atoms with Gasteiger partial charge in [0.2, 0.25) is 0 Å². The molecule has 2 N–H and O–H groups in total. The Hall–Kier alpha value is -1.42. The van der Waals surface area contributed by atoms with E-state index in [-0.39, 0.29) is 34.6 Å². The van der Waals surface area contributed by atoms with Crippen LogP contribution < -0.4 is 10.6 Å². The number of non-ortho nitro benzene ring substituents is 1. The van der Waals surface area contributed by atoms with Gasteiger partial charge in [-0.05, 0) is 24.8 Å². The van der Waals surface area contributed by atoms with E-state index in [1.165, 1.54) is 0 Å². The number of guanidine groups is 1. The molecule has 0 aromatic heterocycles. The van der Waals surface area contributed by atoms with Gasteiger partial charge in [0.1, 0.15) is 0 Å². The van der Waals surface area contributed by atoms with E-state index in [2.05, 4.69) is 15.6 Å². The molecule has 130 valence electrons. The largest absolute Gasteiger partial charge is 0.383 e. The third-order valence-corrected chi connectivity index (χ3v) is 3.15. The van der Waals surface area contributed by atoms with Gasteiger partial charge < -0.3 is 15.4 Å². The number of halogens is 1. The maximum Gasteiger partial charge on any atom is 0.269 e. The first-order valence-corrected chi connectivity index (χ1v) is 7.34. The predicted octanol–water partition coefficient (Wildman–Crippen LogP) is 2.35. The lowest BCUT2D eigenvalue weighted by Gasteiger charge is -2.11. The lowest BCUT2D eigenvalue weighted by atomic mass is 10.1. The highest BCUT2D eigenvalue weighted by atomic mass is 127. The van der Waals surface area contributed by atoms with Gasteiger partial charge in [-0.2, -0.15) is 0 Å². The first-order valence-electron chi connectivity index (χ1n) is 7.34. The molecule has 0 bridgehead atoms. The Labute approximate surface area is 154 Å². The highest BCUT2D eigenvalue weighted by Crippen LogP contribution is 2.13. The summed E-state index contributed by atoms with van der Waals surface area (Å²) in [7, 11) is 3.40. The van der Waals surface area contributed by atoms with Gasteiger partial charge >= 0.3 is 0 Å². The number of nitro benzene ring substituents is 1. The molecule has 0 heterocycles. The number of hydrogen-bond acceptors (Lipinski definition) is 4. The fourth-order valence-electron chi connectivity index (χ4n) is 1.94. The zero-order valence-electron chi connectivity index (χ0n) is 13.6. The topological polar surface area (TPSA) is 88.8 Å². The summed E-state index contributed by atoms with van der Waals surface area (Å²) in [6.45, 7) is 2.19. The van der Waals surface area contributed by atoms with Crippen molar-refractivity contribution in [3.8, 4) is 0 Å². The molecule has 7 nitrogen and oxygen atoms in total. The molecule has 1 aromatic rings. The molecular weight excluding hydrogens is 411 g/mol. The molecule has 0 saturated carbocycles. The smallest absolute Gasteiger partial charge is 0.269 e. The van der Waals surface area contributed by atoms with E-state index >= 15 is 0 Å². The number of methoxy groups -OCH3 is 1. The zero-order chi connectivity index (χ0) is 16.2. The number of benzene rings is 1. The Morgan fingerprint density at radius 1 is 1.22 bits per heavy atom. The molecule has 0 atom stereocenters. The number of aliphatic imine (C=N–C) groups is 1. The molecule has 23 heavy (non-hydrogen) atoms. The summed E-state index contributed by atoms with van der Waals surface area (Å²) in [5.41, 5.74) is 1.25. The summed E-state index contributed by atoms with van der Waals surface area (Å²) in [6, 6.07) is 6.73. The van der Waals surface area contributed by atoms with Crippen molar-refractivity contribution in [3.05, 3.63) is 39.9 Å². The molecule has 0 radical (unpaired) electrons. The third kappa shape index (κ3) is 9.34. The average Bonchev–Trinajstić information content (AvgIpc) is 2.53. The summed E-state index contributed by atoms with van der Waals surface area (Å²) in [5, 5.41) is 16.9. The van der Waals surface area contributed by atoms with Gasteiger partial charge in [0.15, 0.2) is 5.96 Å². The first-order chi connectivity index (χ1) is 10.7.